The molecule has 8 aromatic rings. The van der Waals surface area contributed by atoms with Gasteiger partial charge in [0.25, 0.3) is 11.8 Å². The van der Waals surface area contributed by atoms with Crippen molar-refractivity contribution in [2.75, 3.05) is 10.6 Å². The number of carbonyl (C=O) groups excluding carboxylic acids is 3. The van der Waals surface area contributed by atoms with Crippen molar-refractivity contribution in [3.05, 3.63) is 191 Å². The predicted molar refractivity (Wildman–Crippen MR) is 245 cm³/mol. The van der Waals surface area contributed by atoms with Crippen LogP contribution in [-0.2, 0) is 17.1 Å². The van der Waals surface area contributed by atoms with Crippen molar-refractivity contribution in [2.24, 2.45) is 0 Å². The molecule has 2 amide bonds. The predicted octanol–water partition coefficient (Wildman–Crippen LogP) is 13.0. The van der Waals surface area contributed by atoms with Crippen molar-refractivity contribution >= 4 is 57.2 Å². The van der Waals surface area contributed by atoms with Gasteiger partial charge in [-0.1, -0.05) is 60.7 Å². The number of aromatic carboxylic acids is 1. The molecule has 0 unspecified atom stereocenters. The Labute approximate surface area is 384 Å². The SMILES string of the molecule is CC(C)(C)OC(=O)c1ccc2nc(NC(=O)c3ccccc3-c3ccc(C(F)(F)F)cc3)ccc2c1.O=C(O)c1ccc2nc(NC(=O)c3ccccc3-c3ccc(C(F)(F)F)cc3)ccc2c1. The maximum absolute atomic E-state index is 13.1. The lowest BCUT2D eigenvalue weighted by Gasteiger charge is -2.19. The molecule has 2 aromatic heterocycles. The van der Waals surface area contributed by atoms with Crippen LogP contribution in [0.1, 0.15) is 73.3 Å². The molecule has 0 saturated carbocycles. The number of carboxylic acid groups (broad SMARTS) is 1. The lowest BCUT2D eigenvalue weighted by atomic mass is 9.98. The normalized spacial score (nSPS) is 11.6. The summed E-state index contributed by atoms with van der Waals surface area (Å²) >= 11 is 0. The van der Waals surface area contributed by atoms with Gasteiger partial charge in [-0.3, -0.25) is 9.59 Å². The molecule has 68 heavy (non-hydrogen) atoms. The van der Waals surface area contributed by atoms with Crippen molar-refractivity contribution in [3.8, 4) is 22.3 Å². The van der Waals surface area contributed by atoms with Crippen LogP contribution in [0.25, 0.3) is 44.1 Å². The topological polar surface area (TPSA) is 148 Å². The van der Waals surface area contributed by atoms with Crippen LogP contribution < -0.4 is 10.6 Å². The number of carbonyl (C=O) groups is 4. The first-order valence-corrected chi connectivity index (χ1v) is 20.6. The van der Waals surface area contributed by atoms with Gasteiger partial charge in [-0.25, -0.2) is 19.6 Å². The van der Waals surface area contributed by atoms with Gasteiger partial charge < -0.3 is 20.5 Å². The number of rotatable bonds is 8. The van der Waals surface area contributed by atoms with Crippen LogP contribution in [-0.4, -0.2) is 44.4 Å². The number of nitrogens with one attached hydrogen (secondary N) is 2. The molecular weight excluding hydrogens is 891 g/mol. The highest BCUT2D eigenvalue weighted by molar-refractivity contribution is 6.09. The van der Waals surface area contributed by atoms with E-state index in [1.807, 2.05) is 0 Å². The molecular formula is C52H38F6N4O6. The lowest BCUT2D eigenvalue weighted by Crippen LogP contribution is -2.23. The number of hydrogen-bond acceptors (Lipinski definition) is 7. The van der Waals surface area contributed by atoms with Crippen molar-refractivity contribution in [3.63, 3.8) is 0 Å². The minimum atomic E-state index is -4.44. The minimum Gasteiger partial charge on any atom is -0.478 e. The number of ether oxygens (including phenoxy) is 1. The third-order valence-electron chi connectivity index (χ3n) is 10.1. The average Bonchev–Trinajstić information content (AvgIpc) is 3.30. The Morgan fingerprint density at radius 3 is 1.29 bits per heavy atom. The highest BCUT2D eigenvalue weighted by Gasteiger charge is 2.31. The molecule has 0 aliphatic rings. The first kappa shape index (κ1) is 47.6. The third-order valence-corrected chi connectivity index (χ3v) is 10.1. The van der Waals surface area contributed by atoms with Gasteiger partial charge in [0.15, 0.2) is 0 Å². The van der Waals surface area contributed by atoms with Crippen LogP contribution >= 0.6 is 0 Å². The van der Waals surface area contributed by atoms with E-state index >= 15 is 0 Å². The van der Waals surface area contributed by atoms with Gasteiger partial charge in [0.05, 0.1) is 33.3 Å². The Balaban J connectivity index is 0.000000203. The number of anilines is 2. The van der Waals surface area contributed by atoms with Crippen molar-refractivity contribution in [1.82, 2.24) is 9.97 Å². The van der Waals surface area contributed by atoms with Gasteiger partial charge >= 0.3 is 24.3 Å². The second-order valence-electron chi connectivity index (χ2n) is 16.2. The largest absolute Gasteiger partial charge is 0.478 e. The molecule has 0 aliphatic heterocycles. The van der Waals surface area contributed by atoms with E-state index < -0.39 is 52.8 Å². The number of alkyl halides is 6. The number of benzene rings is 6. The number of carboxylic acids is 1. The van der Waals surface area contributed by atoms with Crippen LogP contribution in [0, 0.1) is 0 Å². The van der Waals surface area contributed by atoms with Gasteiger partial charge in [-0.15, -0.1) is 0 Å². The smallest absolute Gasteiger partial charge is 0.416 e. The van der Waals surface area contributed by atoms with E-state index in [9.17, 15) is 45.5 Å². The summed E-state index contributed by atoms with van der Waals surface area (Å²) < 4.78 is 82.7. The van der Waals surface area contributed by atoms with Gasteiger partial charge in [0.1, 0.15) is 17.2 Å². The summed E-state index contributed by atoms with van der Waals surface area (Å²) in [4.78, 5) is 58.2. The van der Waals surface area contributed by atoms with Gasteiger partial charge in [-0.2, -0.15) is 26.3 Å². The summed E-state index contributed by atoms with van der Waals surface area (Å²) in [6, 6.07) is 38.4. The summed E-state index contributed by atoms with van der Waals surface area (Å²) in [5.41, 5.74) is 1.92. The average molecular weight is 929 g/mol. The molecule has 8 rings (SSSR count). The maximum atomic E-state index is 13.1. The number of pyridine rings is 2. The van der Waals surface area contributed by atoms with Crippen LogP contribution in [0.3, 0.4) is 0 Å². The summed E-state index contributed by atoms with van der Waals surface area (Å²) in [6.45, 7) is 5.37. The van der Waals surface area contributed by atoms with E-state index in [2.05, 4.69) is 20.6 Å². The zero-order valence-electron chi connectivity index (χ0n) is 36.2. The first-order chi connectivity index (χ1) is 32.1. The Morgan fingerprint density at radius 2 is 0.897 bits per heavy atom. The second-order valence-corrected chi connectivity index (χ2v) is 16.2. The van der Waals surface area contributed by atoms with E-state index in [0.717, 1.165) is 24.3 Å². The zero-order valence-corrected chi connectivity index (χ0v) is 36.2. The number of nitrogens with zero attached hydrogens (tertiary/aromatic N) is 2. The second kappa shape index (κ2) is 19.2. The first-order valence-electron chi connectivity index (χ1n) is 20.6. The number of halogens is 6. The van der Waals surface area contributed by atoms with Crippen LogP contribution in [0.4, 0.5) is 38.0 Å². The standard InChI is InChI=1S/C28H23F3N2O3.C24H15F3N2O3/c1-27(2,3)36-26(35)19-10-14-23-18(16-19)11-15-24(32-23)33-25(34)22-7-5-4-6-21(22)17-8-12-20(13-9-17)28(29,30)31;25-24(26,27)17-9-5-14(6-10-17)18-3-1-2-4-19(18)22(30)29-21-12-8-15-13-16(23(31)32)7-11-20(15)28-21/h4-16H,1-3H3,(H,32,33,34);1-13H,(H,31,32)(H,28,29,30). The Morgan fingerprint density at radius 1 is 0.500 bits per heavy atom. The molecule has 0 radical (unpaired) electrons. The minimum absolute atomic E-state index is 0.126. The zero-order chi connectivity index (χ0) is 49.0. The fourth-order valence-corrected chi connectivity index (χ4v) is 6.90. The highest BCUT2D eigenvalue weighted by Crippen LogP contribution is 2.34. The van der Waals surface area contributed by atoms with E-state index in [1.165, 1.54) is 36.4 Å². The van der Waals surface area contributed by atoms with Gasteiger partial charge in [0.2, 0.25) is 0 Å². The van der Waals surface area contributed by atoms with Crippen LogP contribution in [0.15, 0.2) is 158 Å². The van der Waals surface area contributed by atoms with E-state index in [1.54, 1.807) is 118 Å². The molecule has 0 fully saturated rings. The number of esters is 1. The fourth-order valence-electron chi connectivity index (χ4n) is 6.90. The summed E-state index contributed by atoms with van der Waals surface area (Å²) in [6.07, 6.45) is -8.88. The highest BCUT2D eigenvalue weighted by atomic mass is 19.4. The molecule has 0 spiro atoms. The monoisotopic (exact) mass is 928 g/mol. The summed E-state index contributed by atoms with van der Waals surface area (Å²) in [5, 5.41) is 15.8. The third kappa shape index (κ3) is 11.5. The number of fused-ring (bicyclic) bond motifs is 2. The van der Waals surface area contributed by atoms with Gasteiger partial charge in [-0.05, 0) is 140 Å². The summed E-state index contributed by atoms with van der Waals surface area (Å²) in [7, 11) is 0. The van der Waals surface area contributed by atoms with Crippen molar-refractivity contribution in [2.45, 2.75) is 38.7 Å². The van der Waals surface area contributed by atoms with Crippen LogP contribution in [0.2, 0.25) is 0 Å². The molecule has 3 N–H and O–H groups in total. The maximum Gasteiger partial charge on any atom is 0.416 e. The Bertz CT molecular complexity index is 3200. The van der Waals surface area contributed by atoms with Gasteiger partial charge in [0, 0.05) is 21.9 Å². The molecule has 10 nitrogen and oxygen atoms in total. The summed E-state index contributed by atoms with van der Waals surface area (Å²) in [5.74, 6) is -1.88. The molecule has 2 heterocycles. The lowest BCUT2D eigenvalue weighted by molar-refractivity contribution is -0.138. The van der Waals surface area contributed by atoms with Crippen molar-refractivity contribution < 1.29 is 55.4 Å². The quantitative estimate of drug-likeness (QED) is 0.101. The molecule has 0 saturated heterocycles. The molecule has 0 atom stereocenters. The van der Waals surface area contributed by atoms with Crippen molar-refractivity contribution in [1.29, 1.82) is 0 Å². The van der Waals surface area contributed by atoms with E-state index in [0.29, 0.717) is 61.0 Å². The molecule has 344 valence electrons. The number of amides is 2. The number of aromatic nitrogens is 2. The fraction of sp³-hybridized carbons (Fsp3) is 0.115. The van der Waals surface area contributed by atoms with E-state index in [-0.39, 0.29) is 16.9 Å². The molecule has 16 heteroatoms. The van der Waals surface area contributed by atoms with Crippen LogP contribution in [0.5, 0.6) is 0 Å². The Hall–Kier alpha value is -8.40. The van der Waals surface area contributed by atoms with E-state index in [4.69, 9.17) is 9.84 Å². The Kier molecular flexibility index (Phi) is 13.4. The molecule has 6 aromatic carbocycles. The molecule has 0 aliphatic carbocycles. The molecule has 0 bridgehead atoms. The number of hydrogen-bond donors (Lipinski definition) is 3.